The summed E-state index contributed by atoms with van der Waals surface area (Å²) >= 11 is 1.42. The molecule has 1 aliphatic rings. The van der Waals surface area contributed by atoms with Crippen molar-refractivity contribution in [1.29, 1.82) is 5.26 Å². The summed E-state index contributed by atoms with van der Waals surface area (Å²) in [6, 6.07) is 9.70. The van der Waals surface area contributed by atoms with E-state index in [-0.39, 0.29) is 5.57 Å². The number of nitrogens with one attached hydrogen (secondary N) is 2. The number of hydrogen-bond acceptors (Lipinski definition) is 5. The fourth-order valence-corrected chi connectivity index (χ4v) is 5.21. The molecular weight excluding hydrogens is 422 g/mol. The highest BCUT2D eigenvalue weighted by Gasteiger charge is 2.28. The minimum Gasteiger partial charge on any atom is -0.462 e. The smallest absolute Gasteiger partial charge is 0.341 e. The predicted octanol–water partition coefficient (Wildman–Crippen LogP) is 5.61. The quantitative estimate of drug-likeness (QED) is 0.213. The predicted molar refractivity (Wildman–Crippen MR) is 127 cm³/mol. The molecule has 0 aliphatic heterocycles. The number of nitriles is 1. The van der Waals surface area contributed by atoms with Gasteiger partial charge in [0.1, 0.15) is 16.6 Å². The lowest BCUT2D eigenvalue weighted by Crippen LogP contribution is -2.17. The molecule has 0 saturated heterocycles. The van der Waals surface area contributed by atoms with Gasteiger partial charge in [0.25, 0.3) is 5.91 Å². The lowest BCUT2D eigenvalue weighted by Gasteiger charge is -2.12. The van der Waals surface area contributed by atoms with Gasteiger partial charge in [0.15, 0.2) is 0 Å². The first-order valence-corrected chi connectivity index (χ1v) is 11.7. The number of esters is 1. The van der Waals surface area contributed by atoms with Crippen molar-refractivity contribution in [3.63, 3.8) is 0 Å². The number of carbonyl (C=O) groups is 2. The third-order valence-electron chi connectivity index (χ3n) is 5.62. The standard InChI is InChI=1S/C25H25N3O3S/c1-2-3-12-31-25(30)22-19-9-5-7-11-21(19)32-24(22)28-23(29)16(14-26)13-17-15-27-20-10-6-4-8-18(17)20/h4,6,8,10,13,15,27H,2-3,5,7,9,11-12H2,1H3,(H,28,29)/b16-13+. The maximum Gasteiger partial charge on any atom is 0.341 e. The first-order valence-electron chi connectivity index (χ1n) is 10.9. The molecule has 0 bridgehead atoms. The molecule has 0 saturated carbocycles. The summed E-state index contributed by atoms with van der Waals surface area (Å²) in [5.41, 5.74) is 3.11. The van der Waals surface area contributed by atoms with Crippen LogP contribution in [0.15, 0.2) is 36.0 Å². The van der Waals surface area contributed by atoms with Crippen molar-refractivity contribution >= 4 is 45.2 Å². The van der Waals surface area contributed by atoms with Crippen LogP contribution >= 0.6 is 11.3 Å². The Hall–Kier alpha value is -3.37. The van der Waals surface area contributed by atoms with Crippen LogP contribution in [-0.2, 0) is 22.4 Å². The Bertz CT molecular complexity index is 1230. The minimum atomic E-state index is -0.529. The monoisotopic (exact) mass is 447 g/mol. The number of aromatic amines is 1. The van der Waals surface area contributed by atoms with Gasteiger partial charge >= 0.3 is 5.97 Å². The number of aromatic nitrogens is 1. The van der Waals surface area contributed by atoms with Crippen LogP contribution < -0.4 is 5.32 Å². The number of amides is 1. The second-order valence-corrected chi connectivity index (χ2v) is 8.92. The van der Waals surface area contributed by atoms with Gasteiger partial charge < -0.3 is 15.0 Å². The van der Waals surface area contributed by atoms with Gasteiger partial charge in [-0.2, -0.15) is 5.26 Å². The van der Waals surface area contributed by atoms with Crippen LogP contribution in [0.5, 0.6) is 0 Å². The molecule has 2 N–H and O–H groups in total. The lowest BCUT2D eigenvalue weighted by atomic mass is 9.95. The van der Waals surface area contributed by atoms with E-state index in [0.29, 0.717) is 17.2 Å². The molecular formula is C25H25N3O3S. The largest absolute Gasteiger partial charge is 0.462 e. The highest BCUT2D eigenvalue weighted by atomic mass is 32.1. The maximum atomic E-state index is 13.0. The summed E-state index contributed by atoms with van der Waals surface area (Å²) in [6.07, 6.45) is 8.84. The number of carbonyl (C=O) groups excluding carboxylic acids is 2. The van der Waals surface area contributed by atoms with E-state index < -0.39 is 11.9 Å². The van der Waals surface area contributed by atoms with Crippen LogP contribution in [0, 0.1) is 11.3 Å². The highest BCUT2D eigenvalue weighted by Crippen LogP contribution is 2.39. The second kappa shape index (κ2) is 9.84. The molecule has 6 nitrogen and oxygen atoms in total. The van der Waals surface area contributed by atoms with Gasteiger partial charge in [-0.25, -0.2) is 4.79 Å². The molecule has 0 radical (unpaired) electrons. The number of hydrogen-bond donors (Lipinski definition) is 2. The SMILES string of the molecule is CCCCOC(=O)c1c(NC(=O)/C(C#N)=C/c2c[nH]c3ccccc23)sc2c1CCCC2. The molecule has 0 fully saturated rings. The summed E-state index contributed by atoms with van der Waals surface area (Å²) in [4.78, 5) is 30.1. The molecule has 2 aromatic heterocycles. The summed E-state index contributed by atoms with van der Waals surface area (Å²) in [5, 5.41) is 13.9. The van der Waals surface area contributed by atoms with Gasteiger partial charge in [-0.15, -0.1) is 11.3 Å². The number of aryl methyl sites for hydroxylation is 1. The molecule has 4 rings (SSSR count). The Balaban J connectivity index is 1.62. The fourth-order valence-electron chi connectivity index (χ4n) is 3.94. The number of rotatable bonds is 7. The second-order valence-electron chi connectivity index (χ2n) is 7.82. The van der Waals surface area contributed by atoms with Crippen molar-refractivity contribution in [3.8, 4) is 6.07 Å². The van der Waals surface area contributed by atoms with E-state index in [1.165, 1.54) is 11.3 Å². The number of para-hydroxylation sites is 1. The molecule has 164 valence electrons. The van der Waals surface area contributed by atoms with Crippen molar-refractivity contribution in [2.45, 2.75) is 45.4 Å². The van der Waals surface area contributed by atoms with Gasteiger partial charge in [0.05, 0.1) is 12.2 Å². The van der Waals surface area contributed by atoms with E-state index in [1.54, 1.807) is 12.3 Å². The Morgan fingerprint density at radius 1 is 1.28 bits per heavy atom. The number of fused-ring (bicyclic) bond motifs is 2. The number of nitrogens with zero attached hydrogens (tertiary/aromatic N) is 1. The van der Waals surface area contributed by atoms with Gasteiger partial charge in [0, 0.05) is 27.5 Å². The van der Waals surface area contributed by atoms with Gasteiger partial charge in [-0.05, 0) is 49.8 Å². The Kier molecular flexibility index (Phi) is 6.72. The lowest BCUT2D eigenvalue weighted by molar-refractivity contribution is -0.112. The van der Waals surface area contributed by atoms with E-state index in [1.807, 2.05) is 37.3 Å². The van der Waals surface area contributed by atoms with Crippen LogP contribution in [0.2, 0.25) is 0 Å². The number of benzene rings is 1. The zero-order chi connectivity index (χ0) is 22.5. The van der Waals surface area contributed by atoms with E-state index >= 15 is 0 Å². The van der Waals surface area contributed by atoms with Crippen LogP contribution in [0.1, 0.15) is 59.0 Å². The summed E-state index contributed by atoms with van der Waals surface area (Å²) < 4.78 is 5.47. The average molecular weight is 448 g/mol. The molecule has 0 unspecified atom stereocenters. The molecule has 0 spiro atoms. The van der Waals surface area contributed by atoms with E-state index in [2.05, 4.69) is 10.3 Å². The van der Waals surface area contributed by atoms with Gasteiger partial charge in [-0.3, -0.25) is 4.79 Å². The normalized spacial score (nSPS) is 13.4. The van der Waals surface area contributed by atoms with E-state index in [9.17, 15) is 14.9 Å². The Labute approximate surface area is 190 Å². The summed E-state index contributed by atoms with van der Waals surface area (Å²) in [6.45, 7) is 2.40. The molecule has 1 aliphatic carbocycles. The molecule has 1 aromatic carbocycles. The summed E-state index contributed by atoms with van der Waals surface area (Å²) in [5.74, 6) is -0.925. The molecule has 2 heterocycles. The first kappa shape index (κ1) is 21.8. The maximum absolute atomic E-state index is 13.0. The van der Waals surface area contributed by atoms with Crippen LogP contribution in [0.4, 0.5) is 5.00 Å². The summed E-state index contributed by atoms with van der Waals surface area (Å²) in [7, 11) is 0. The number of H-pyrrole nitrogens is 1. The van der Waals surface area contributed by atoms with Crippen LogP contribution in [0.25, 0.3) is 17.0 Å². The molecule has 1 amide bonds. The molecule has 7 heteroatoms. The molecule has 3 aromatic rings. The average Bonchev–Trinajstić information content (AvgIpc) is 3.38. The Morgan fingerprint density at radius 3 is 2.91 bits per heavy atom. The first-order chi connectivity index (χ1) is 15.6. The molecule has 32 heavy (non-hydrogen) atoms. The number of unbranched alkanes of at least 4 members (excludes halogenated alkanes) is 1. The van der Waals surface area contributed by atoms with Crippen molar-refractivity contribution < 1.29 is 14.3 Å². The Morgan fingerprint density at radius 2 is 2.09 bits per heavy atom. The van der Waals surface area contributed by atoms with Gasteiger partial charge in [-0.1, -0.05) is 31.5 Å². The highest BCUT2D eigenvalue weighted by molar-refractivity contribution is 7.17. The van der Waals surface area contributed by atoms with Crippen molar-refractivity contribution in [2.75, 3.05) is 11.9 Å². The third-order valence-corrected chi connectivity index (χ3v) is 6.83. The van der Waals surface area contributed by atoms with Gasteiger partial charge in [0.2, 0.25) is 0 Å². The zero-order valence-corrected chi connectivity index (χ0v) is 18.8. The number of anilines is 1. The van der Waals surface area contributed by atoms with E-state index in [0.717, 1.165) is 65.4 Å². The van der Waals surface area contributed by atoms with Crippen LogP contribution in [0.3, 0.4) is 0 Å². The zero-order valence-electron chi connectivity index (χ0n) is 18.0. The van der Waals surface area contributed by atoms with E-state index in [4.69, 9.17) is 4.74 Å². The van der Waals surface area contributed by atoms with Crippen molar-refractivity contribution in [1.82, 2.24) is 4.98 Å². The number of ether oxygens (including phenoxy) is 1. The van der Waals surface area contributed by atoms with Crippen LogP contribution in [-0.4, -0.2) is 23.5 Å². The fraction of sp³-hybridized carbons (Fsp3) is 0.320. The number of thiophene rings is 1. The third kappa shape index (κ3) is 4.46. The topological polar surface area (TPSA) is 95.0 Å². The van der Waals surface area contributed by atoms with Crippen molar-refractivity contribution in [3.05, 3.63) is 57.6 Å². The van der Waals surface area contributed by atoms with Crippen molar-refractivity contribution in [2.24, 2.45) is 0 Å². The minimum absolute atomic E-state index is 0.0218. The molecule has 0 atom stereocenters.